The maximum atomic E-state index is 4.27. The molecule has 2 aromatic heterocycles. The van der Waals surface area contributed by atoms with Gasteiger partial charge in [0.2, 0.25) is 0 Å². The van der Waals surface area contributed by atoms with E-state index in [1.54, 1.807) is 12.4 Å². The lowest BCUT2D eigenvalue weighted by Gasteiger charge is -2.02. The van der Waals surface area contributed by atoms with E-state index in [1.165, 1.54) is 0 Å². The third-order valence-corrected chi connectivity index (χ3v) is 2.06. The average molecular weight is 183 g/mol. The van der Waals surface area contributed by atoms with Crippen molar-refractivity contribution in [3.63, 3.8) is 0 Å². The number of nitrogens with zero attached hydrogens (tertiary/aromatic N) is 2. The summed E-state index contributed by atoms with van der Waals surface area (Å²) in [5.74, 6) is 0. The van der Waals surface area contributed by atoms with Gasteiger partial charge in [0.15, 0.2) is 0 Å². The second-order valence-corrected chi connectivity index (χ2v) is 3.11. The highest BCUT2D eigenvalue weighted by atomic mass is 14.7. The van der Waals surface area contributed by atoms with E-state index in [1.807, 2.05) is 30.3 Å². The van der Waals surface area contributed by atoms with Gasteiger partial charge in [-0.05, 0) is 30.7 Å². The van der Waals surface area contributed by atoms with E-state index in [4.69, 9.17) is 0 Å². The summed E-state index contributed by atoms with van der Waals surface area (Å²) in [7, 11) is 0. The van der Waals surface area contributed by atoms with Crippen molar-refractivity contribution in [3.05, 3.63) is 66.6 Å². The van der Waals surface area contributed by atoms with Gasteiger partial charge in [0.25, 0.3) is 0 Å². The van der Waals surface area contributed by atoms with Gasteiger partial charge in [-0.25, -0.2) is 0 Å². The van der Waals surface area contributed by atoms with Gasteiger partial charge in [-0.2, -0.15) is 0 Å². The van der Waals surface area contributed by atoms with Crippen LogP contribution < -0.4 is 0 Å². The van der Waals surface area contributed by atoms with Gasteiger partial charge < -0.3 is 0 Å². The standard InChI is InChI=1S/C12H11N2/c1-10-5-4-8-14-12(10)9-11-6-2-3-7-13-11/h2-8H,1,9H2. The number of aromatic nitrogens is 2. The lowest BCUT2D eigenvalue weighted by Crippen LogP contribution is -1.96. The molecule has 0 N–H and O–H groups in total. The van der Waals surface area contributed by atoms with Crippen LogP contribution in [0.1, 0.15) is 17.0 Å². The summed E-state index contributed by atoms with van der Waals surface area (Å²) in [5.41, 5.74) is 2.99. The third kappa shape index (κ3) is 1.96. The van der Waals surface area contributed by atoms with Crippen molar-refractivity contribution in [2.45, 2.75) is 6.42 Å². The Morgan fingerprint density at radius 1 is 1.00 bits per heavy atom. The van der Waals surface area contributed by atoms with Crippen LogP contribution in [0.3, 0.4) is 0 Å². The quantitative estimate of drug-likeness (QED) is 0.713. The number of rotatable bonds is 2. The van der Waals surface area contributed by atoms with Crippen molar-refractivity contribution >= 4 is 0 Å². The predicted octanol–water partition coefficient (Wildman–Crippen LogP) is 2.25. The van der Waals surface area contributed by atoms with Crippen LogP contribution in [0.2, 0.25) is 0 Å². The fourth-order valence-electron chi connectivity index (χ4n) is 1.30. The minimum Gasteiger partial charge on any atom is -0.261 e. The molecular formula is C12H11N2. The molecule has 0 unspecified atom stereocenters. The molecule has 0 spiro atoms. The smallest absolute Gasteiger partial charge is 0.0495 e. The second-order valence-electron chi connectivity index (χ2n) is 3.11. The van der Waals surface area contributed by atoms with Crippen LogP contribution in [0.25, 0.3) is 0 Å². The summed E-state index contributed by atoms with van der Waals surface area (Å²) in [6.07, 6.45) is 4.33. The first-order valence-corrected chi connectivity index (χ1v) is 4.52. The van der Waals surface area contributed by atoms with Gasteiger partial charge in [0.1, 0.15) is 0 Å². The number of pyridine rings is 2. The van der Waals surface area contributed by atoms with E-state index in [2.05, 4.69) is 16.9 Å². The van der Waals surface area contributed by atoms with E-state index in [0.29, 0.717) is 0 Å². The first kappa shape index (κ1) is 8.88. The molecule has 0 saturated carbocycles. The predicted molar refractivity (Wildman–Crippen MR) is 55.7 cm³/mol. The number of hydrogen-bond acceptors (Lipinski definition) is 2. The minimum atomic E-state index is 0.751. The monoisotopic (exact) mass is 183 g/mol. The molecule has 0 amide bonds. The number of hydrogen-bond donors (Lipinski definition) is 0. The second kappa shape index (κ2) is 4.01. The zero-order valence-electron chi connectivity index (χ0n) is 7.85. The van der Waals surface area contributed by atoms with Crippen molar-refractivity contribution in [1.29, 1.82) is 0 Å². The molecule has 0 saturated heterocycles. The van der Waals surface area contributed by atoms with E-state index in [9.17, 15) is 0 Å². The average Bonchev–Trinajstić information content (AvgIpc) is 2.23. The maximum Gasteiger partial charge on any atom is 0.0495 e. The molecule has 0 aliphatic rings. The first-order chi connectivity index (χ1) is 6.86. The van der Waals surface area contributed by atoms with E-state index < -0.39 is 0 Å². The zero-order valence-corrected chi connectivity index (χ0v) is 7.85. The summed E-state index contributed by atoms with van der Waals surface area (Å²) in [4.78, 5) is 8.52. The van der Waals surface area contributed by atoms with Gasteiger partial charge >= 0.3 is 0 Å². The van der Waals surface area contributed by atoms with Crippen LogP contribution in [0, 0.1) is 6.92 Å². The topological polar surface area (TPSA) is 25.8 Å². The zero-order chi connectivity index (χ0) is 9.80. The van der Waals surface area contributed by atoms with Crippen LogP contribution in [-0.4, -0.2) is 9.97 Å². The molecular weight excluding hydrogens is 172 g/mol. The molecule has 0 fully saturated rings. The maximum absolute atomic E-state index is 4.27. The fraction of sp³-hybridized carbons (Fsp3) is 0.0833. The van der Waals surface area contributed by atoms with Crippen molar-refractivity contribution in [2.24, 2.45) is 0 Å². The van der Waals surface area contributed by atoms with Gasteiger partial charge in [-0.3, -0.25) is 9.97 Å². The molecule has 14 heavy (non-hydrogen) atoms. The van der Waals surface area contributed by atoms with Crippen molar-refractivity contribution in [1.82, 2.24) is 9.97 Å². The van der Waals surface area contributed by atoms with Crippen molar-refractivity contribution < 1.29 is 0 Å². The first-order valence-electron chi connectivity index (χ1n) is 4.52. The third-order valence-electron chi connectivity index (χ3n) is 2.06. The molecule has 1 radical (unpaired) electrons. The molecule has 69 valence electrons. The molecule has 0 aliphatic carbocycles. The molecule has 0 aromatic carbocycles. The summed E-state index contributed by atoms with van der Waals surface area (Å²) in [5, 5.41) is 0. The van der Waals surface area contributed by atoms with E-state index in [0.717, 1.165) is 23.4 Å². The summed E-state index contributed by atoms with van der Waals surface area (Å²) in [6.45, 7) is 3.93. The molecule has 2 nitrogen and oxygen atoms in total. The Balaban J connectivity index is 2.24. The van der Waals surface area contributed by atoms with Crippen LogP contribution >= 0.6 is 0 Å². The summed E-state index contributed by atoms with van der Waals surface area (Å²) >= 11 is 0. The van der Waals surface area contributed by atoms with Gasteiger partial charge in [0.05, 0.1) is 0 Å². The summed E-state index contributed by atoms with van der Waals surface area (Å²) < 4.78 is 0. The highest BCUT2D eigenvalue weighted by Gasteiger charge is 2.00. The lowest BCUT2D eigenvalue weighted by molar-refractivity contribution is 1.00. The minimum absolute atomic E-state index is 0.751. The Hall–Kier alpha value is -1.70. The SMILES string of the molecule is [CH2]c1cccnc1Cc1ccccn1. The van der Waals surface area contributed by atoms with Crippen LogP contribution in [-0.2, 0) is 6.42 Å². The Morgan fingerprint density at radius 2 is 1.86 bits per heavy atom. The highest BCUT2D eigenvalue weighted by molar-refractivity contribution is 5.26. The molecule has 2 rings (SSSR count). The lowest BCUT2D eigenvalue weighted by atomic mass is 10.1. The summed E-state index contributed by atoms with van der Waals surface area (Å²) in [6, 6.07) is 9.74. The molecule has 0 atom stereocenters. The van der Waals surface area contributed by atoms with Crippen LogP contribution in [0.5, 0.6) is 0 Å². The van der Waals surface area contributed by atoms with E-state index >= 15 is 0 Å². The normalized spacial score (nSPS) is 10.1. The van der Waals surface area contributed by atoms with Gasteiger partial charge in [-0.15, -0.1) is 0 Å². The molecule has 2 heteroatoms. The molecule has 0 bridgehead atoms. The Labute approximate surface area is 83.7 Å². The Bertz CT molecular complexity index is 410. The van der Waals surface area contributed by atoms with Gasteiger partial charge in [-0.1, -0.05) is 12.1 Å². The van der Waals surface area contributed by atoms with Gasteiger partial charge in [0, 0.05) is 30.2 Å². The highest BCUT2D eigenvalue weighted by Crippen LogP contribution is 2.08. The largest absolute Gasteiger partial charge is 0.261 e. The Kier molecular flexibility index (Phi) is 2.54. The van der Waals surface area contributed by atoms with Crippen LogP contribution in [0.4, 0.5) is 0 Å². The van der Waals surface area contributed by atoms with Crippen LogP contribution in [0.15, 0.2) is 42.7 Å². The Morgan fingerprint density at radius 3 is 2.57 bits per heavy atom. The van der Waals surface area contributed by atoms with E-state index in [-0.39, 0.29) is 0 Å². The van der Waals surface area contributed by atoms with Crippen molar-refractivity contribution in [2.75, 3.05) is 0 Å². The van der Waals surface area contributed by atoms with Crippen molar-refractivity contribution in [3.8, 4) is 0 Å². The fourth-order valence-corrected chi connectivity index (χ4v) is 1.30. The molecule has 0 aliphatic heterocycles. The molecule has 2 heterocycles. The molecule has 2 aromatic rings.